The summed E-state index contributed by atoms with van der Waals surface area (Å²) in [7, 11) is 0. The van der Waals surface area contributed by atoms with Crippen LogP contribution in [0.1, 0.15) is 34.6 Å². The molecule has 1 heterocycles. The first kappa shape index (κ1) is 17.7. The molecule has 18 heavy (non-hydrogen) atoms. The maximum atomic E-state index is 11.9. The van der Waals surface area contributed by atoms with E-state index >= 15 is 0 Å². The molecule has 1 amide bonds. The molecule has 5 heteroatoms. The minimum Gasteiger partial charge on any atom is -0.350 e. The van der Waals surface area contributed by atoms with Crippen molar-refractivity contribution >= 4 is 18.3 Å². The van der Waals surface area contributed by atoms with E-state index in [0.29, 0.717) is 12.0 Å². The predicted octanol–water partition coefficient (Wildman–Crippen LogP) is 1.24. The van der Waals surface area contributed by atoms with Crippen molar-refractivity contribution < 1.29 is 4.79 Å². The molecule has 4 nitrogen and oxygen atoms in total. The molecule has 1 aliphatic heterocycles. The number of rotatable bonds is 4. The molecule has 3 N–H and O–H groups in total. The van der Waals surface area contributed by atoms with E-state index in [4.69, 9.17) is 5.73 Å². The van der Waals surface area contributed by atoms with E-state index in [2.05, 4.69) is 31.0 Å². The highest BCUT2D eigenvalue weighted by molar-refractivity contribution is 5.85. The Hall–Kier alpha value is -0.320. The van der Waals surface area contributed by atoms with Gasteiger partial charge in [-0.3, -0.25) is 9.69 Å². The van der Waals surface area contributed by atoms with E-state index in [1.165, 1.54) is 0 Å². The highest BCUT2D eigenvalue weighted by Crippen LogP contribution is 2.18. The molecule has 1 saturated heterocycles. The molecule has 0 saturated carbocycles. The third kappa shape index (κ3) is 4.41. The molecule has 1 rings (SSSR count). The summed E-state index contributed by atoms with van der Waals surface area (Å²) in [6.45, 7) is 12.5. The van der Waals surface area contributed by atoms with Gasteiger partial charge in [0, 0.05) is 25.2 Å². The van der Waals surface area contributed by atoms with Crippen molar-refractivity contribution in [3.63, 3.8) is 0 Å². The van der Waals surface area contributed by atoms with Crippen LogP contribution < -0.4 is 11.1 Å². The Balaban J connectivity index is 0.00000289. The van der Waals surface area contributed by atoms with Crippen LogP contribution in [0, 0.1) is 11.8 Å². The van der Waals surface area contributed by atoms with Crippen LogP contribution in [0.5, 0.6) is 0 Å². The number of nitrogens with one attached hydrogen (secondary N) is 1. The van der Waals surface area contributed by atoms with Gasteiger partial charge in [0.15, 0.2) is 0 Å². The number of halogens is 1. The van der Waals surface area contributed by atoms with E-state index < -0.39 is 6.04 Å². The molecule has 0 radical (unpaired) electrons. The van der Waals surface area contributed by atoms with Gasteiger partial charge in [-0.2, -0.15) is 0 Å². The molecular weight excluding hydrogens is 250 g/mol. The van der Waals surface area contributed by atoms with Crippen molar-refractivity contribution in [2.45, 2.75) is 52.7 Å². The van der Waals surface area contributed by atoms with Gasteiger partial charge in [0.1, 0.15) is 0 Å². The van der Waals surface area contributed by atoms with Gasteiger partial charge in [0.25, 0.3) is 0 Å². The molecule has 3 atom stereocenters. The lowest BCUT2D eigenvalue weighted by atomic mass is 10.0. The summed E-state index contributed by atoms with van der Waals surface area (Å²) in [4.78, 5) is 14.3. The maximum absolute atomic E-state index is 11.9. The zero-order valence-electron chi connectivity index (χ0n) is 12.1. The normalized spacial score (nSPS) is 26.2. The van der Waals surface area contributed by atoms with Gasteiger partial charge < -0.3 is 11.1 Å². The molecule has 0 spiro atoms. The second kappa shape index (κ2) is 7.31. The maximum Gasteiger partial charge on any atom is 0.237 e. The summed E-state index contributed by atoms with van der Waals surface area (Å²) < 4.78 is 0. The Morgan fingerprint density at radius 2 is 1.83 bits per heavy atom. The van der Waals surface area contributed by atoms with Crippen LogP contribution >= 0.6 is 12.4 Å². The lowest BCUT2D eigenvalue weighted by Crippen LogP contribution is -2.50. The number of likely N-dealkylation sites (tertiary alicyclic amines) is 1. The zero-order chi connectivity index (χ0) is 13.2. The number of amides is 1. The molecule has 2 unspecified atom stereocenters. The standard InChI is InChI=1S/C13H27N3O.ClH/c1-8(2)12(14)13(17)15-11-7-16(9(3)4)6-10(11)5;/h8-12H,6-7,14H2,1-5H3,(H,15,17);1H/t10?,11?,12-;/m0./s1. The van der Waals surface area contributed by atoms with Gasteiger partial charge in [-0.05, 0) is 25.7 Å². The first-order chi connectivity index (χ1) is 7.82. The minimum absolute atomic E-state index is 0. The zero-order valence-corrected chi connectivity index (χ0v) is 13.0. The molecule has 1 aliphatic rings. The molecule has 0 aliphatic carbocycles. The summed E-state index contributed by atoms with van der Waals surface area (Å²) in [5.74, 6) is 0.677. The molecule has 1 fully saturated rings. The summed E-state index contributed by atoms with van der Waals surface area (Å²) in [5.41, 5.74) is 5.85. The van der Waals surface area contributed by atoms with E-state index in [-0.39, 0.29) is 30.3 Å². The van der Waals surface area contributed by atoms with Crippen LogP contribution in [0.3, 0.4) is 0 Å². The highest BCUT2D eigenvalue weighted by Gasteiger charge is 2.32. The Morgan fingerprint density at radius 1 is 1.28 bits per heavy atom. The molecule has 0 aromatic heterocycles. The number of nitrogens with zero attached hydrogens (tertiary/aromatic N) is 1. The number of nitrogens with two attached hydrogens (primary N) is 1. The first-order valence-corrected chi connectivity index (χ1v) is 6.63. The fourth-order valence-corrected chi connectivity index (χ4v) is 2.20. The predicted molar refractivity (Wildman–Crippen MR) is 77.9 cm³/mol. The van der Waals surface area contributed by atoms with E-state index in [0.717, 1.165) is 13.1 Å². The van der Waals surface area contributed by atoms with E-state index in [9.17, 15) is 4.79 Å². The first-order valence-electron chi connectivity index (χ1n) is 6.63. The van der Waals surface area contributed by atoms with Crippen LogP contribution in [0.2, 0.25) is 0 Å². The number of carbonyl (C=O) groups is 1. The molecule has 0 bridgehead atoms. The van der Waals surface area contributed by atoms with Gasteiger partial charge in [0.2, 0.25) is 5.91 Å². The topological polar surface area (TPSA) is 58.4 Å². The summed E-state index contributed by atoms with van der Waals surface area (Å²) in [6.07, 6.45) is 0. The van der Waals surface area contributed by atoms with E-state index in [1.54, 1.807) is 0 Å². The van der Waals surface area contributed by atoms with Crippen LogP contribution in [0.25, 0.3) is 0 Å². The minimum atomic E-state index is -0.393. The largest absolute Gasteiger partial charge is 0.350 e. The van der Waals surface area contributed by atoms with Crippen LogP contribution in [-0.2, 0) is 4.79 Å². The third-order valence-corrected chi connectivity index (χ3v) is 3.72. The second-order valence-electron chi connectivity index (χ2n) is 5.91. The van der Waals surface area contributed by atoms with Gasteiger partial charge >= 0.3 is 0 Å². The number of carbonyl (C=O) groups excluding carboxylic acids is 1. The van der Waals surface area contributed by atoms with Crippen molar-refractivity contribution in [1.82, 2.24) is 10.2 Å². The number of hydrogen-bond donors (Lipinski definition) is 2. The van der Waals surface area contributed by atoms with Crippen molar-refractivity contribution in [3.05, 3.63) is 0 Å². The van der Waals surface area contributed by atoms with E-state index in [1.807, 2.05) is 13.8 Å². The van der Waals surface area contributed by atoms with Crippen LogP contribution in [0.15, 0.2) is 0 Å². The van der Waals surface area contributed by atoms with Gasteiger partial charge in [-0.25, -0.2) is 0 Å². The third-order valence-electron chi connectivity index (χ3n) is 3.72. The lowest BCUT2D eigenvalue weighted by molar-refractivity contribution is -0.124. The van der Waals surface area contributed by atoms with Crippen molar-refractivity contribution in [2.75, 3.05) is 13.1 Å². The van der Waals surface area contributed by atoms with Crippen molar-refractivity contribution in [2.24, 2.45) is 17.6 Å². The summed E-state index contributed by atoms with van der Waals surface area (Å²) >= 11 is 0. The van der Waals surface area contributed by atoms with Crippen LogP contribution in [0.4, 0.5) is 0 Å². The Bertz CT molecular complexity index is 271. The molecule has 108 valence electrons. The second-order valence-corrected chi connectivity index (χ2v) is 5.91. The monoisotopic (exact) mass is 277 g/mol. The average molecular weight is 278 g/mol. The van der Waals surface area contributed by atoms with Crippen molar-refractivity contribution in [3.8, 4) is 0 Å². The lowest BCUT2D eigenvalue weighted by Gasteiger charge is -2.22. The van der Waals surface area contributed by atoms with Gasteiger partial charge in [-0.1, -0.05) is 20.8 Å². The van der Waals surface area contributed by atoms with Gasteiger partial charge in [-0.15, -0.1) is 12.4 Å². The quantitative estimate of drug-likeness (QED) is 0.813. The Morgan fingerprint density at radius 3 is 2.22 bits per heavy atom. The van der Waals surface area contributed by atoms with Crippen LogP contribution in [-0.4, -0.2) is 42.0 Å². The summed E-state index contributed by atoms with van der Waals surface area (Å²) in [5, 5.41) is 3.09. The Kier molecular flexibility index (Phi) is 7.18. The number of hydrogen-bond acceptors (Lipinski definition) is 3. The fraction of sp³-hybridized carbons (Fsp3) is 0.923. The van der Waals surface area contributed by atoms with Gasteiger partial charge in [0.05, 0.1) is 6.04 Å². The average Bonchev–Trinajstić information content (AvgIpc) is 2.59. The smallest absolute Gasteiger partial charge is 0.237 e. The SMILES string of the molecule is CC1CN(C(C)C)CC1NC(=O)[C@@H](N)C(C)C.Cl. The highest BCUT2D eigenvalue weighted by atomic mass is 35.5. The Labute approximate surface area is 117 Å². The van der Waals surface area contributed by atoms with Crippen molar-refractivity contribution in [1.29, 1.82) is 0 Å². The summed E-state index contributed by atoms with van der Waals surface area (Å²) in [6, 6.07) is 0.392. The molecule has 0 aromatic rings. The molecular formula is C13H28ClN3O. The fourth-order valence-electron chi connectivity index (χ4n) is 2.20. The molecule has 0 aromatic carbocycles.